The van der Waals surface area contributed by atoms with Crippen molar-refractivity contribution < 1.29 is 0 Å². The minimum Gasteiger partial charge on any atom is -0.311 e. The fraction of sp³-hybridized carbons (Fsp3) is 0.204. The Bertz CT molecular complexity index is 5550. The highest BCUT2D eigenvalue weighted by molar-refractivity contribution is 7.00. The van der Waals surface area contributed by atoms with E-state index in [1.54, 1.807) is 0 Å². The normalized spacial score (nSPS) is 15.9. The topological polar surface area (TPSA) is 11.4 Å². The van der Waals surface area contributed by atoms with Gasteiger partial charge in [-0.05, 0) is 243 Å². The van der Waals surface area contributed by atoms with E-state index in [0.717, 1.165) is 22.7 Å². The third-order valence-electron chi connectivity index (χ3n) is 24.1. The van der Waals surface area contributed by atoms with Crippen molar-refractivity contribution in [2.45, 2.75) is 129 Å². The molecule has 3 heterocycles. The van der Waals surface area contributed by atoms with E-state index in [1.165, 1.54) is 176 Å². The average Bonchev–Trinajstić information content (AvgIpc) is 0.731. The minimum atomic E-state index is -0.131. The van der Waals surface area contributed by atoms with Gasteiger partial charge in [0.05, 0.1) is 11.0 Å². The molecule has 498 valence electrons. The van der Waals surface area contributed by atoms with E-state index < -0.39 is 0 Å². The van der Waals surface area contributed by atoms with Gasteiger partial charge in [-0.15, -0.1) is 0 Å². The summed E-state index contributed by atoms with van der Waals surface area (Å²) in [5.41, 5.74) is 36.4. The first-order valence-corrected chi connectivity index (χ1v) is 37.1. The zero-order valence-electron chi connectivity index (χ0n) is 60.9. The lowest BCUT2D eigenvalue weighted by atomic mass is 9.33. The van der Waals surface area contributed by atoms with Gasteiger partial charge in [0.25, 0.3) is 6.71 Å². The molecule has 0 atom stereocenters. The summed E-state index contributed by atoms with van der Waals surface area (Å²) in [4.78, 5) is 5.24. The highest BCUT2D eigenvalue weighted by Gasteiger charge is 2.45. The number of nitrogens with zero attached hydrogens (tertiary/aromatic N) is 3. The molecule has 0 saturated carbocycles. The summed E-state index contributed by atoms with van der Waals surface area (Å²) in [5.74, 6) is 0. The van der Waals surface area contributed by atoms with Gasteiger partial charge in [0, 0.05) is 50.6 Å². The summed E-state index contributed by atoms with van der Waals surface area (Å²) in [6, 6.07) is 110. The van der Waals surface area contributed by atoms with E-state index in [9.17, 15) is 0 Å². The Kier molecular flexibility index (Phi) is 14.6. The van der Waals surface area contributed by atoms with Gasteiger partial charge in [0.1, 0.15) is 0 Å². The van der Waals surface area contributed by atoms with E-state index in [-0.39, 0.29) is 33.8 Å². The van der Waals surface area contributed by atoms with Crippen LogP contribution >= 0.6 is 0 Å². The van der Waals surface area contributed by atoms with Crippen LogP contribution in [-0.2, 0) is 27.1 Å². The van der Waals surface area contributed by atoms with Crippen molar-refractivity contribution in [2.24, 2.45) is 0 Å². The monoisotopic (exact) mass is 1320 g/mol. The molecule has 4 heteroatoms. The van der Waals surface area contributed by atoms with Gasteiger partial charge in [-0.1, -0.05) is 282 Å². The largest absolute Gasteiger partial charge is 0.311 e. The molecule has 14 aromatic rings. The molecule has 18 rings (SSSR count). The summed E-state index contributed by atoms with van der Waals surface area (Å²) in [5, 5.41) is 2.44. The maximum atomic E-state index is 2.63. The summed E-state index contributed by atoms with van der Waals surface area (Å²) < 4.78 is 2.53. The van der Waals surface area contributed by atoms with Crippen molar-refractivity contribution in [3.05, 3.63) is 313 Å². The van der Waals surface area contributed by atoms with Crippen molar-refractivity contribution in [1.29, 1.82) is 0 Å². The van der Waals surface area contributed by atoms with E-state index in [4.69, 9.17) is 0 Å². The van der Waals surface area contributed by atoms with Crippen LogP contribution in [0.2, 0.25) is 0 Å². The number of anilines is 6. The highest BCUT2D eigenvalue weighted by atomic mass is 15.2. The summed E-state index contributed by atoms with van der Waals surface area (Å²) >= 11 is 0. The Balaban J connectivity index is 0.885. The third-order valence-corrected chi connectivity index (χ3v) is 24.1. The van der Waals surface area contributed by atoms with Gasteiger partial charge >= 0.3 is 0 Å². The second kappa shape index (κ2) is 23.4. The van der Waals surface area contributed by atoms with Crippen molar-refractivity contribution in [3.63, 3.8) is 0 Å². The molecule has 2 aliphatic carbocycles. The Hall–Kier alpha value is -10.7. The van der Waals surface area contributed by atoms with Gasteiger partial charge in [0.15, 0.2) is 0 Å². The van der Waals surface area contributed by atoms with Crippen molar-refractivity contribution in [2.75, 3.05) is 9.80 Å². The zero-order chi connectivity index (χ0) is 69.8. The molecule has 0 unspecified atom stereocenters. The summed E-state index contributed by atoms with van der Waals surface area (Å²) in [7, 11) is 0. The Morgan fingerprint density at radius 2 is 0.598 bits per heavy atom. The number of hydrogen-bond acceptors (Lipinski definition) is 2. The van der Waals surface area contributed by atoms with Crippen LogP contribution in [0.4, 0.5) is 34.1 Å². The van der Waals surface area contributed by atoms with Gasteiger partial charge in [-0.2, -0.15) is 0 Å². The SMILES string of the molecule is CC(C)(C)c1ccc(-c2cc3c4c(c2)N(c2ccc(-c5ccc6c(c5)C(C)(C)CCC6(C)C)cc2)c2cc(-n5c6ccc(-c7ccccc7)cc6c6cc(-c7ccccc7)ccc65)ccc2B4c2ccc(-c4ccccc4)cc2N3c2ccc(-c3ccc4c(c3)C(C)(C)CCC4(C)C)cc2)cc1. The Labute approximate surface area is 603 Å². The van der Waals surface area contributed by atoms with E-state index in [0.29, 0.717) is 0 Å². The van der Waals surface area contributed by atoms with Gasteiger partial charge in [-0.3, -0.25) is 0 Å². The van der Waals surface area contributed by atoms with Crippen LogP contribution < -0.4 is 26.2 Å². The molecule has 0 amide bonds. The molecular formula is C98H88BN3. The van der Waals surface area contributed by atoms with Crippen LogP contribution in [0.15, 0.2) is 285 Å². The van der Waals surface area contributed by atoms with E-state index >= 15 is 0 Å². The van der Waals surface area contributed by atoms with Crippen molar-refractivity contribution >= 4 is 79.0 Å². The molecule has 0 bridgehead atoms. The number of benzene rings is 13. The smallest absolute Gasteiger partial charge is 0.252 e. The number of aromatic nitrogens is 1. The van der Waals surface area contributed by atoms with E-state index in [1.807, 2.05) is 0 Å². The fourth-order valence-corrected chi connectivity index (χ4v) is 17.9. The first-order chi connectivity index (χ1) is 49.1. The molecular weight excluding hydrogens is 1230 g/mol. The van der Waals surface area contributed by atoms with Crippen LogP contribution in [0.5, 0.6) is 0 Å². The lowest BCUT2D eigenvalue weighted by molar-refractivity contribution is 0.332. The molecule has 0 radical (unpaired) electrons. The fourth-order valence-electron chi connectivity index (χ4n) is 17.9. The predicted molar refractivity (Wildman–Crippen MR) is 437 cm³/mol. The molecule has 0 spiro atoms. The van der Waals surface area contributed by atoms with Crippen molar-refractivity contribution in [1.82, 2.24) is 4.57 Å². The second-order valence-corrected chi connectivity index (χ2v) is 33.4. The van der Waals surface area contributed by atoms with Crippen LogP contribution in [0.25, 0.3) is 94.3 Å². The van der Waals surface area contributed by atoms with Crippen LogP contribution in [0.1, 0.15) is 130 Å². The number of fused-ring (bicyclic) bond motifs is 9. The lowest BCUT2D eigenvalue weighted by Gasteiger charge is -2.44. The molecule has 0 N–H and O–H groups in total. The maximum absolute atomic E-state index is 2.63. The quantitative estimate of drug-likeness (QED) is 0.133. The highest BCUT2D eigenvalue weighted by Crippen LogP contribution is 2.52. The van der Waals surface area contributed by atoms with Crippen LogP contribution in [-0.4, -0.2) is 11.3 Å². The predicted octanol–water partition coefficient (Wildman–Crippen LogP) is 24.9. The first kappa shape index (κ1) is 63.5. The number of hydrogen-bond donors (Lipinski definition) is 0. The minimum absolute atomic E-state index is 0.0103. The van der Waals surface area contributed by atoms with Crippen LogP contribution in [0.3, 0.4) is 0 Å². The summed E-state index contributed by atoms with van der Waals surface area (Å²) in [6.45, 7) is 26.3. The molecule has 4 aliphatic rings. The van der Waals surface area contributed by atoms with Gasteiger partial charge < -0.3 is 14.4 Å². The Morgan fingerprint density at radius 3 is 1.04 bits per heavy atom. The maximum Gasteiger partial charge on any atom is 0.252 e. The lowest BCUT2D eigenvalue weighted by Crippen LogP contribution is -2.61. The molecule has 102 heavy (non-hydrogen) atoms. The molecule has 0 fully saturated rings. The van der Waals surface area contributed by atoms with E-state index in [2.05, 4.69) is 376 Å². The standard InChI is InChI=1S/C98H88BN3/c1-94(2,3)75-38-27-68(28-39-75)74-60-91-93-92(61-74)101(77-42-31-67(32-43-77)72-34-46-82-84(58-72)98(10,11)54-52-96(82,6)7)90-62-78(102-87-49-36-69(63-21-15-12-16-22-63)55-79(87)80-56-70(37-50-88(80)102)64-23-17-13-18-24-64)44-48-86(90)99(93)85-47-35-73(65-25-19-14-20-26-65)59-89(85)100(91)76-40-29-66(30-41-76)71-33-45-81-83(57-71)97(8,9)53-51-95(81,4)5/h12-50,55-62H,51-54H2,1-11H3. The van der Waals surface area contributed by atoms with Crippen molar-refractivity contribution in [3.8, 4) is 72.4 Å². The first-order valence-electron chi connectivity index (χ1n) is 37.1. The molecule has 2 aliphatic heterocycles. The molecule has 3 nitrogen and oxygen atoms in total. The second-order valence-electron chi connectivity index (χ2n) is 33.4. The van der Waals surface area contributed by atoms with Gasteiger partial charge in [-0.25, -0.2) is 0 Å². The molecule has 1 aromatic heterocycles. The number of rotatable bonds is 9. The Morgan fingerprint density at radius 1 is 0.275 bits per heavy atom. The molecule has 0 saturated heterocycles. The average molecular weight is 1320 g/mol. The third kappa shape index (κ3) is 10.5. The molecule has 13 aromatic carbocycles. The van der Waals surface area contributed by atoms with Gasteiger partial charge in [0.2, 0.25) is 0 Å². The zero-order valence-corrected chi connectivity index (χ0v) is 60.9. The van der Waals surface area contributed by atoms with Crippen LogP contribution in [0, 0.1) is 0 Å². The summed E-state index contributed by atoms with van der Waals surface area (Å²) in [6.07, 6.45) is 4.72.